The van der Waals surface area contributed by atoms with Crippen molar-refractivity contribution in [3.63, 3.8) is 0 Å². The summed E-state index contributed by atoms with van der Waals surface area (Å²) in [5.74, 6) is 0. The summed E-state index contributed by atoms with van der Waals surface area (Å²) in [5, 5.41) is 9.88. The molecule has 0 saturated carbocycles. The Kier molecular flexibility index (Phi) is 2.38. The minimum Gasteiger partial charge on any atom is -0.259 e. The minimum atomic E-state index is -0.489. The first kappa shape index (κ1) is 7.47. The van der Waals surface area contributed by atoms with Gasteiger partial charge in [0.15, 0.2) is 0 Å². The van der Waals surface area contributed by atoms with Gasteiger partial charge in [0.05, 0.1) is 4.92 Å². The van der Waals surface area contributed by atoms with Crippen LogP contribution >= 0.6 is 0 Å². The number of hydrogen-bond acceptors (Lipinski definition) is 2. The quantitative estimate of drug-likeness (QED) is 0.473. The summed E-state index contributed by atoms with van der Waals surface area (Å²) in [4.78, 5) is 9.39. The predicted octanol–water partition coefficient (Wildman–Crippen LogP) is 1.73. The van der Waals surface area contributed by atoms with Gasteiger partial charge in [0.25, 0.3) is 0 Å². The van der Waals surface area contributed by atoms with Gasteiger partial charge >= 0.3 is 0 Å². The Labute approximate surface area is 64.1 Å². The summed E-state index contributed by atoms with van der Waals surface area (Å²) in [5.41, 5.74) is 0.806. The van der Waals surface area contributed by atoms with Gasteiger partial charge in [0.1, 0.15) is 0 Å². The van der Waals surface area contributed by atoms with E-state index in [2.05, 4.69) is 6.07 Å². The molecule has 0 spiro atoms. The fraction of sp³-hybridized carbons (Fsp3) is 0. The molecule has 0 amide bonds. The molecule has 0 heterocycles. The number of nitrogens with zero attached hydrogens (tertiary/aromatic N) is 1. The van der Waals surface area contributed by atoms with Crippen LogP contribution in [0.15, 0.2) is 30.5 Å². The summed E-state index contributed by atoms with van der Waals surface area (Å²) >= 11 is 0. The van der Waals surface area contributed by atoms with Crippen LogP contribution in [0.5, 0.6) is 0 Å². The van der Waals surface area contributed by atoms with E-state index in [1.54, 1.807) is 24.3 Å². The molecule has 11 heavy (non-hydrogen) atoms. The summed E-state index contributed by atoms with van der Waals surface area (Å²) in [6.45, 7) is 0. The number of benzene rings is 1. The van der Waals surface area contributed by atoms with E-state index in [0.29, 0.717) is 0 Å². The molecular weight excluding hydrogens is 142 g/mol. The van der Waals surface area contributed by atoms with Crippen molar-refractivity contribution in [3.05, 3.63) is 52.2 Å². The third-order valence-corrected chi connectivity index (χ3v) is 1.13. The maximum Gasteiger partial charge on any atom is 0.235 e. The molecule has 55 valence electrons. The zero-order valence-electron chi connectivity index (χ0n) is 5.73. The van der Waals surface area contributed by atoms with Crippen molar-refractivity contribution in [1.82, 2.24) is 0 Å². The molecule has 0 aliphatic heterocycles. The Bertz CT molecular complexity index is 267. The van der Waals surface area contributed by atoms with Gasteiger partial charge in [-0.05, 0) is 11.6 Å². The van der Waals surface area contributed by atoms with Crippen LogP contribution in [-0.4, -0.2) is 4.92 Å². The van der Waals surface area contributed by atoms with Crippen molar-refractivity contribution in [3.8, 4) is 0 Å². The molecule has 0 atom stereocenters. The zero-order valence-corrected chi connectivity index (χ0v) is 5.73. The minimum absolute atomic E-state index is 0.489. The molecule has 0 aliphatic rings. The predicted molar refractivity (Wildman–Crippen MR) is 41.3 cm³/mol. The molecule has 0 bridgehead atoms. The van der Waals surface area contributed by atoms with E-state index in [4.69, 9.17) is 0 Å². The highest BCUT2D eigenvalue weighted by Crippen LogP contribution is 1.99. The standard InChI is InChI=1S/C8H6NO2/c10-9(11)7-6-8-4-2-1-3-5-8/h2-7H. The Morgan fingerprint density at radius 1 is 1.45 bits per heavy atom. The fourth-order valence-electron chi connectivity index (χ4n) is 0.658. The van der Waals surface area contributed by atoms with Gasteiger partial charge < -0.3 is 0 Å². The van der Waals surface area contributed by atoms with Crippen molar-refractivity contribution in [1.29, 1.82) is 0 Å². The smallest absolute Gasteiger partial charge is 0.235 e. The second-order valence-corrected chi connectivity index (χ2v) is 1.93. The van der Waals surface area contributed by atoms with Gasteiger partial charge in [-0.2, -0.15) is 0 Å². The Hall–Kier alpha value is -1.64. The Balaban J connectivity index is 2.72. The van der Waals surface area contributed by atoms with E-state index in [1.807, 2.05) is 0 Å². The second kappa shape index (κ2) is 3.51. The van der Waals surface area contributed by atoms with Gasteiger partial charge in [-0.3, -0.25) is 10.1 Å². The highest BCUT2D eigenvalue weighted by atomic mass is 16.6. The molecule has 0 N–H and O–H groups in total. The van der Waals surface area contributed by atoms with E-state index >= 15 is 0 Å². The van der Waals surface area contributed by atoms with E-state index in [9.17, 15) is 10.1 Å². The summed E-state index contributed by atoms with van der Waals surface area (Å²) in [7, 11) is 0. The van der Waals surface area contributed by atoms with Gasteiger partial charge in [0.2, 0.25) is 6.20 Å². The Morgan fingerprint density at radius 3 is 2.64 bits per heavy atom. The van der Waals surface area contributed by atoms with Crippen LogP contribution in [0, 0.1) is 16.2 Å². The molecule has 0 aromatic heterocycles. The molecule has 3 nitrogen and oxygen atoms in total. The van der Waals surface area contributed by atoms with Crippen LogP contribution in [0.2, 0.25) is 0 Å². The van der Waals surface area contributed by atoms with Crippen molar-refractivity contribution in [2.45, 2.75) is 0 Å². The Morgan fingerprint density at radius 2 is 2.09 bits per heavy atom. The third-order valence-electron chi connectivity index (χ3n) is 1.13. The normalized spacial score (nSPS) is 10.2. The molecule has 3 heteroatoms. The third kappa shape index (κ3) is 2.62. The van der Waals surface area contributed by atoms with Crippen LogP contribution in [-0.2, 0) is 0 Å². The largest absolute Gasteiger partial charge is 0.259 e. The number of rotatable bonds is 2. The average Bonchev–Trinajstić information content (AvgIpc) is 2.03. The van der Waals surface area contributed by atoms with Gasteiger partial charge in [-0.15, -0.1) is 0 Å². The topological polar surface area (TPSA) is 43.1 Å². The van der Waals surface area contributed by atoms with Crippen LogP contribution in [0.25, 0.3) is 6.08 Å². The maximum atomic E-state index is 9.88. The average molecular weight is 148 g/mol. The molecule has 1 radical (unpaired) electrons. The van der Waals surface area contributed by atoms with Crippen LogP contribution in [0.1, 0.15) is 5.56 Å². The summed E-state index contributed by atoms with van der Waals surface area (Å²) in [6, 6.07) is 9.73. The van der Waals surface area contributed by atoms with Crippen molar-refractivity contribution >= 4 is 6.08 Å². The van der Waals surface area contributed by atoms with Gasteiger partial charge in [0, 0.05) is 6.08 Å². The van der Waals surface area contributed by atoms with E-state index in [1.165, 1.54) is 6.08 Å². The highest BCUT2D eigenvalue weighted by Gasteiger charge is 1.86. The van der Waals surface area contributed by atoms with E-state index < -0.39 is 4.92 Å². The SMILES string of the molecule is O=[N+]([O-])C=Cc1cc[c]cc1. The van der Waals surface area contributed by atoms with Crippen molar-refractivity contribution < 1.29 is 4.92 Å². The van der Waals surface area contributed by atoms with E-state index in [-0.39, 0.29) is 0 Å². The molecule has 1 aromatic carbocycles. The lowest BCUT2D eigenvalue weighted by Gasteiger charge is -1.86. The van der Waals surface area contributed by atoms with Gasteiger partial charge in [-0.1, -0.05) is 24.3 Å². The van der Waals surface area contributed by atoms with Crippen molar-refractivity contribution in [2.24, 2.45) is 0 Å². The fourth-order valence-corrected chi connectivity index (χ4v) is 0.658. The van der Waals surface area contributed by atoms with Crippen LogP contribution in [0.3, 0.4) is 0 Å². The number of hydrogen-bond donors (Lipinski definition) is 0. The lowest BCUT2D eigenvalue weighted by atomic mass is 10.2. The van der Waals surface area contributed by atoms with Gasteiger partial charge in [-0.25, -0.2) is 0 Å². The highest BCUT2D eigenvalue weighted by molar-refractivity contribution is 5.46. The van der Waals surface area contributed by atoms with Crippen molar-refractivity contribution in [2.75, 3.05) is 0 Å². The molecule has 1 aromatic rings. The number of nitro groups is 1. The van der Waals surface area contributed by atoms with Crippen LogP contribution in [0.4, 0.5) is 0 Å². The maximum absolute atomic E-state index is 9.88. The molecule has 0 aliphatic carbocycles. The molecule has 0 fully saturated rings. The lowest BCUT2D eigenvalue weighted by Crippen LogP contribution is -1.81. The summed E-state index contributed by atoms with van der Waals surface area (Å²) in [6.07, 6.45) is 2.35. The van der Waals surface area contributed by atoms with Crippen LogP contribution < -0.4 is 0 Å². The zero-order chi connectivity index (χ0) is 8.10. The first-order valence-electron chi connectivity index (χ1n) is 3.07. The molecule has 0 saturated heterocycles. The molecular formula is C8H6NO2. The first-order valence-corrected chi connectivity index (χ1v) is 3.07. The summed E-state index contributed by atoms with van der Waals surface area (Å²) < 4.78 is 0. The monoisotopic (exact) mass is 148 g/mol. The second-order valence-electron chi connectivity index (χ2n) is 1.93. The molecule has 1 rings (SSSR count). The molecule has 0 unspecified atom stereocenters. The lowest BCUT2D eigenvalue weighted by molar-refractivity contribution is -0.400. The first-order chi connectivity index (χ1) is 5.29. The van der Waals surface area contributed by atoms with E-state index in [0.717, 1.165) is 11.8 Å².